The molecule has 1 amide bonds. The molecule has 1 aromatic heterocycles. The second-order valence-corrected chi connectivity index (χ2v) is 3.79. The molecular weight excluding hydrogens is 184 g/mol. The van der Waals surface area contributed by atoms with E-state index in [0.717, 1.165) is 15.2 Å². The molecule has 1 N–H and O–H groups in total. The van der Waals surface area contributed by atoms with Gasteiger partial charge in [-0.2, -0.15) is 0 Å². The van der Waals surface area contributed by atoms with Crippen LogP contribution in [0.5, 0.6) is 0 Å². The number of amides is 1. The van der Waals surface area contributed by atoms with Crippen molar-refractivity contribution in [3.63, 3.8) is 0 Å². The molecule has 0 unspecified atom stereocenters. The lowest BCUT2D eigenvalue weighted by molar-refractivity contribution is -0.118. The summed E-state index contributed by atoms with van der Waals surface area (Å²) in [6.07, 6.45) is 0.124. The van der Waals surface area contributed by atoms with Gasteiger partial charge in [-0.25, -0.2) is 4.98 Å². The topological polar surface area (TPSA) is 53.8 Å². The summed E-state index contributed by atoms with van der Waals surface area (Å²) in [5.41, 5.74) is 7.72. The fourth-order valence-corrected chi connectivity index (χ4v) is 2.10. The molecule has 2 rings (SSSR count). The first kappa shape index (κ1) is 8.19. The Bertz CT molecular complexity index is 417. The number of para-hydroxylation sites is 1. The normalized spacial score (nSPS) is 10.5. The largest absolute Gasteiger partial charge is 0.273 e. The predicted molar refractivity (Wildman–Crippen MR) is 51.4 cm³/mol. The number of thiazole rings is 1. The SMILES string of the molecule is [NH]C(=O)Cc1nc2ccccc2s1. The molecule has 0 saturated heterocycles. The van der Waals surface area contributed by atoms with E-state index >= 15 is 0 Å². The van der Waals surface area contributed by atoms with Crippen LogP contribution in [-0.2, 0) is 11.2 Å². The maximum absolute atomic E-state index is 10.5. The van der Waals surface area contributed by atoms with Gasteiger partial charge in [0.1, 0.15) is 5.01 Å². The standard InChI is InChI=1S/C9H7N2OS/c10-8(12)5-9-11-6-3-1-2-4-7(6)13-9/h1-4,10H,5H2. The summed E-state index contributed by atoms with van der Waals surface area (Å²) in [4.78, 5) is 14.8. The van der Waals surface area contributed by atoms with Gasteiger partial charge < -0.3 is 0 Å². The van der Waals surface area contributed by atoms with Crippen molar-refractivity contribution < 1.29 is 4.79 Å². The van der Waals surface area contributed by atoms with E-state index < -0.39 is 5.91 Å². The van der Waals surface area contributed by atoms with Gasteiger partial charge in [0.25, 0.3) is 0 Å². The molecule has 0 saturated carbocycles. The molecule has 4 heteroatoms. The van der Waals surface area contributed by atoms with E-state index in [4.69, 9.17) is 5.73 Å². The Morgan fingerprint density at radius 1 is 1.46 bits per heavy atom. The van der Waals surface area contributed by atoms with Gasteiger partial charge in [0, 0.05) is 0 Å². The highest BCUT2D eigenvalue weighted by molar-refractivity contribution is 7.18. The van der Waals surface area contributed by atoms with Crippen molar-refractivity contribution in [1.82, 2.24) is 10.7 Å². The summed E-state index contributed by atoms with van der Waals surface area (Å²) in [7, 11) is 0. The van der Waals surface area contributed by atoms with Crippen molar-refractivity contribution in [1.29, 1.82) is 0 Å². The van der Waals surface area contributed by atoms with E-state index in [2.05, 4.69) is 4.98 Å². The number of hydrogen-bond acceptors (Lipinski definition) is 3. The molecular formula is C9H7N2OS. The Kier molecular flexibility index (Phi) is 1.98. The molecule has 0 spiro atoms. The number of benzene rings is 1. The molecule has 0 aliphatic heterocycles. The Morgan fingerprint density at radius 3 is 2.92 bits per heavy atom. The lowest BCUT2D eigenvalue weighted by atomic mass is 10.3. The summed E-state index contributed by atoms with van der Waals surface area (Å²) >= 11 is 1.47. The number of carbonyl (C=O) groups excluding carboxylic acids is 1. The Labute approximate surface area is 79.2 Å². The summed E-state index contributed by atoms with van der Waals surface area (Å²) < 4.78 is 1.07. The average molecular weight is 191 g/mol. The van der Waals surface area contributed by atoms with Gasteiger partial charge in [-0.3, -0.25) is 10.5 Å². The monoisotopic (exact) mass is 191 g/mol. The molecule has 0 aliphatic rings. The minimum atomic E-state index is -0.584. The third-order valence-electron chi connectivity index (χ3n) is 1.65. The molecule has 2 aromatic rings. The average Bonchev–Trinajstić information content (AvgIpc) is 2.44. The number of fused-ring (bicyclic) bond motifs is 1. The van der Waals surface area contributed by atoms with E-state index in [1.54, 1.807) is 0 Å². The second-order valence-electron chi connectivity index (χ2n) is 2.68. The third kappa shape index (κ3) is 1.67. The first-order valence-corrected chi connectivity index (χ1v) is 4.66. The molecule has 1 radical (unpaired) electrons. The number of nitrogens with zero attached hydrogens (tertiary/aromatic N) is 1. The van der Waals surface area contributed by atoms with Gasteiger partial charge in [-0.1, -0.05) is 12.1 Å². The van der Waals surface area contributed by atoms with Crippen molar-refractivity contribution in [3.8, 4) is 0 Å². The van der Waals surface area contributed by atoms with Crippen LogP contribution in [0.15, 0.2) is 24.3 Å². The van der Waals surface area contributed by atoms with Gasteiger partial charge in [-0.05, 0) is 12.1 Å². The fraction of sp³-hybridized carbons (Fsp3) is 0.111. The maximum Gasteiger partial charge on any atom is 0.245 e. The van der Waals surface area contributed by atoms with E-state index in [9.17, 15) is 4.79 Å². The van der Waals surface area contributed by atoms with Crippen molar-refractivity contribution >= 4 is 27.5 Å². The minimum Gasteiger partial charge on any atom is -0.273 e. The first-order chi connectivity index (χ1) is 6.25. The van der Waals surface area contributed by atoms with Crippen LogP contribution in [0.25, 0.3) is 10.2 Å². The van der Waals surface area contributed by atoms with Gasteiger partial charge >= 0.3 is 0 Å². The van der Waals surface area contributed by atoms with Crippen LogP contribution >= 0.6 is 11.3 Å². The number of hydrogen-bond donors (Lipinski definition) is 0. The van der Waals surface area contributed by atoms with Crippen molar-refractivity contribution in [2.24, 2.45) is 0 Å². The summed E-state index contributed by atoms with van der Waals surface area (Å²) in [5, 5.41) is 0.723. The molecule has 13 heavy (non-hydrogen) atoms. The molecule has 0 fully saturated rings. The smallest absolute Gasteiger partial charge is 0.245 e. The van der Waals surface area contributed by atoms with E-state index in [1.165, 1.54) is 11.3 Å². The molecule has 0 atom stereocenters. The number of rotatable bonds is 2. The zero-order valence-corrected chi connectivity index (χ0v) is 7.60. The number of aromatic nitrogens is 1. The van der Waals surface area contributed by atoms with Crippen LogP contribution in [0, 0.1) is 0 Å². The Hall–Kier alpha value is -1.42. The molecule has 65 valence electrons. The Morgan fingerprint density at radius 2 is 2.23 bits per heavy atom. The minimum absolute atomic E-state index is 0.124. The Balaban J connectivity index is 2.44. The molecule has 1 heterocycles. The van der Waals surface area contributed by atoms with Crippen molar-refractivity contribution in [3.05, 3.63) is 29.3 Å². The maximum atomic E-state index is 10.5. The van der Waals surface area contributed by atoms with Crippen LogP contribution in [0.1, 0.15) is 5.01 Å². The number of carbonyl (C=O) groups is 1. The molecule has 0 bridgehead atoms. The van der Waals surface area contributed by atoms with Gasteiger partial charge in [0.2, 0.25) is 5.91 Å². The predicted octanol–water partition coefficient (Wildman–Crippen LogP) is 1.65. The van der Waals surface area contributed by atoms with Crippen LogP contribution in [0.3, 0.4) is 0 Å². The highest BCUT2D eigenvalue weighted by Crippen LogP contribution is 2.21. The first-order valence-electron chi connectivity index (χ1n) is 3.84. The highest BCUT2D eigenvalue weighted by Gasteiger charge is 2.05. The van der Waals surface area contributed by atoms with Crippen molar-refractivity contribution in [2.75, 3.05) is 0 Å². The van der Waals surface area contributed by atoms with Gasteiger partial charge in [0.15, 0.2) is 0 Å². The van der Waals surface area contributed by atoms with Crippen LogP contribution < -0.4 is 5.73 Å². The summed E-state index contributed by atoms with van der Waals surface area (Å²) in [5.74, 6) is -0.584. The van der Waals surface area contributed by atoms with Crippen LogP contribution in [0.4, 0.5) is 0 Å². The quantitative estimate of drug-likeness (QED) is 0.724. The van der Waals surface area contributed by atoms with Gasteiger partial charge in [-0.15, -0.1) is 11.3 Å². The highest BCUT2D eigenvalue weighted by atomic mass is 32.1. The lowest BCUT2D eigenvalue weighted by Gasteiger charge is -1.84. The summed E-state index contributed by atoms with van der Waals surface area (Å²) in [6.45, 7) is 0. The zero-order chi connectivity index (χ0) is 9.26. The van der Waals surface area contributed by atoms with Crippen molar-refractivity contribution in [2.45, 2.75) is 6.42 Å². The van der Waals surface area contributed by atoms with E-state index in [0.29, 0.717) is 0 Å². The van der Waals surface area contributed by atoms with E-state index in [1.807, 2.05) is 24.3 Å². The van der Waals surface area contributed by atoms with Crippen LogP contribution in [0.2, 0.25) is 0 Å². The lowest BCUT2D eigenvalue weighted by Crippen LogP contribution is -2.01. The molecule has 3 nitrogen and oxygen atoms in total. The van der Waals surface area contributed by atoms with Crippen LogP contribution in [-0.4, -0.2) is 10.9 Å². The van der Waals surface area contributed by atoms with E-state index in [-0.39, 0.29) is 6.42 Å². The van der Waals surface area contributed by atoms with Gasteiger partial charge in [0.05, 0.1) is 16.6 Å². The summed E-state index contributed by atoms with van der Waals surface area (Å²) in [6, 6.07) is 7.72. The zero-order valence-electron chi connectivity index (χ0n) is 6.78. The molecule has 0 aliphatic carbocycles. The third-order valence-corrected chi connectivity index (χ3v) is 2.69. The number of nitrogens with one attached hydrogen (secondary N) is 1. The fourth-order valence-electron chi connectivity index (χ4n) is 1.13. The molecule has 1 aromatic carbocycles. The second kappa shape index (κ2) is 3.14.